The Bertz CT molecular complexity index is 401. The fourth-order valence-electron chi connectivity index (χ4n) is 2.41. The zero-order chi connectivity index (χ0) is 16.9. The first-order valence-corrected chi connectivity index (χ1v) is 7.40. The fraction of sp³-hybridized carbons (Fsp3) is 0.857. The van der Waals surface area contributed by atoms with E-state index in [1.54, 1.807) is 6.92 Å². The average molecular weight is 324 g/mol. The van der Waals surface area contributed by atoms with Crippen LogP contribution in [0, 0.1) is 0 Å². The van der Waals surface area contributed by atoms with E-state index in [-0.39, 0.29) is 38.0 Å². The number of hydrogen-bond acceptors (Lipinski definition) is 3. The van der Waals surface area contributed by atoms with Gasteiger partial charge in [0.1, 0.15) is 12.6 Å². The van der Waals surface area contributed by atoms with Crippen molar-refractivity contribution in [1.29, 1.82) is 0 Å². The molecule has 1 aliphatic rings. The van der Waals surface area contributed by atoms with Crippen molar-refractivity contribution in [2.45, 2.75) is 64.4 Å². The molecular formula is C14H23F3N2O3. The predicted octanol–water partition coefficient (Wildman–Crippen LogP) is 1.86. The van der Waals surface area contributed by atoms with E-state index in [1.165, 1.54) is 6.92 Å². The highest BCUT2D eigenvalue weighted by atomic mass is 19.4. The monoisotopic (exact) mass is 324 g/mol. The second kappa shape index (κ2) is 7.80. The lowest BCUT2D eigenvalue weighted by Gasteiger charge is -2.40. The second-order valence-electron chi connectivity index (χ2n) is 5.61. The molecule has 1 rings (SSSR count). The van der Waals surface area contributed by atoms with Crippen molar-refractivity contribution in [2.24, 2.45) is 0 Å². The fourth-order valence-corrected chi connectivity index (χ4v) is 2.41. The lowest BCUT2D eigenvalue weighted by atomic mass is 9.97. The van der Waals surface area contributed by atoms with Gasteiger partial charge in [-0.3, -0.25) is 9.59 Å². The third kappa shape index (κ3) is 5.47. The highest BCUT2D eigenvalue weighted by Gasteiger charge is 2.48. The lowest BCUT2D eigenvalue weighted by Crippen LogP contribution is -2.58. The number of nitrogens with one attached hydrogen (secondary N) is 1. The quantitative estimate of drug-likeness (QED) is 0.840. The molecule has 8 heteroatoms. The molecule has 0 aromatic rings. The van der Waals surface area contributed by atoms with E-state index in [9.17, 15) is 22.8 Å². The molecular weight excluding hydrogens is 301 g/mol. The van der Waals surface area contributed by atoms with E-state index in [0.29, 0.717) is 6.42 Å². The third-order valence-corrected chi connectivity index (χ3v) is 3.75. The number of ether oxygens (including phenoxy) is 1. The van der Waals surface area contributed by atoms with Crippen LogP contribution < -0.4 is 5.32 Å². The number of hydrogen-bond donors (Lipinski definition) is 1. The molecule has 5 nitrogen and oxygen atoms in total. The molecule has 2 amide bonds. The maximum atomic E-state index is 13.1. The standard InChI is InChI=1S/C14H23F3N2O3/c1-4-9(2)22-8-13(21)19-7-11(18-10(3)20)5-6-12(19)14(15,16)17/h9,11-12H,4-8H2,1-3H3,(H,18,20)/t9-,11+,12-/m0/s1. The van der Waals surface area contributed by atoms with Crippen molar-refractivity contribution in [2.75, 3.05) is 13.2 Å². The smallest absolute Gasteiger partial charge is 0.369 e. The van der Waals surface area contributed by atoms with Crippen molar-refractivity contribution in [1.82, 2.24) is 10.2 Å². The summed E-state index contributed by atoms with van der Waals surface area (Å²) in [5, 5.41) is 2.57. The number of piperidine rings is 1. The van der Waals surface area contributed by atoms with Crippen molar-refractivity contribution in [3.05, 3.63) is 0 Å². The summed E-state index contributed by atoms with van der Waals surface area (Å²) in [5.74, 6) is -1.02. The van der Waals surface area contributed by atoms with Crippen molar-refractivity contribution in [3.63, 3.8) is 0 Å². The molecule has 1 aliphatic heterocycles. The Labute approximate surface area is 128 Å². The summed E-state index contributed by atoms with van der Waals surface area (Å²) < 4.78 is 44.5. The largest absolute Gasteiger partial charge is 0.408 e. The first kappa shape index (κ1) is 18.7. The highest BCUT2D eigenvalue weighted by molar-refractivity contribution is 5.78. The van der Waals surface area contributed by atoms with Crippen LogP contribution in [0.1, 0.15) is 40.0 Å². The van der Waals surface area contributed by atoms with E-state index in [0.717, 1.165) is 4.90 Å². The number of amides is 2. The third-order valence-electron chi connectivity index (χ3n) is 3.75. The molecule has 0 spiro atoms. The van der Waals surface area contributed by atoms with Crippen LogP contribution in [0.25, 0.3) is 0 Å². The van der Waals surface area contributed by atoms with Crippen LogP contribution in [-0.2, 0) is 14.3 Å². The second-order valence-corrected chi connectivity index (χ2v) is 5.61. The molecule has 0 saturated carbocycles. The molecule has 22 heavy (non-hydrogen) atoms. The molecule has 128 valence electrons. The Morgan fingerprint density at radius 3 is 2.50 bits per heavy atom. The zero-order valence-corrected chi connectivity index (χ0v) is 13.1. The van der Waals surface area contributed by atoms with Crippen LogP contribution in [-0.4, -0.2) is 54.2 Å². The molecule has 0 aliphatic carbocycles. The summed E-state index contributed by atoms with van der Waals surface area (Å²) in [7, 11) is 0. The summed E-state index contributed by atoms with van der Waals surface area (Å²) in [4.78, 5) is 23.9. The normalized spacial score (nSPS) is 24.0. The van der Waals surface area contributed by atoms with Crippen LogP contribution in [0.3, 0.4) is 0 Å². The van der Waals surface area contributed by atoms with Crippen LogP contribution in [0.4, 0.5) is 13.2 Å². The highest BCUT2D eigenvalue weighted by Crippen LogP contribution is 2.32. The van der Waals surface area contributed by atoms with Gasteiger partial charge in [0.25, 0.3) is 0 Å². The van der Waals surface area contributed by atoms with Gasteiger partial charge in [-0.1, -0.05) is 6.92 Å². The predicted molar refractivity (Wildman–Crippen MR) is 74.1 cm³/mol. The number of alkyl halides is 3. The number of halogens is 3. The summed E-state index contributed by atoms with van der Waals surface area (Å²) >= 11 is 0. The molecule has 1 saturated heterocycles. The minimum Gasteiger partial charge on any atom is -0.369 e. The number of carbonyl (C=O) groups excluding carboxylic acids is 2. The van der Waals surface area contributed by atoms with Gasteiger partial charge in [-0.15, -0.1) is 0 Å². The first-order chi connectivity index (χ1) is 10.1. The van der Waals surface area contributed by atoms with Crippen LogP contribution in [0.15, 0.2) is 0 Å². The summed E-state index contributed by atoms with van der Waals surface area (Å²) in [6, 6.07) is -2.27. The number of carbonyl (C=O) groups is 2. The Morgan fingerprint density at radius 2 is 2.00 bits per heavy atom. The minimum atomic E-state index is -4.48. The molecule has 0 bridgehead atoms. The minimum absolute atomic E-state index is 0.146. The topological polar surface area (TPSA) is 58.6 Å². The molecule has 0 aromatic heterocycles. The molecule has 1 heterocycles. The van der Waals surface area contributed by atoms with E-state index in [1.807, 2.05) is 6.92 Å². The molecule has 0 aromatic carbocycles. The van der Waals surface area contributed by atoms with Crippen molar-refractivity contribution >= 4 is 11.8 Å². The first-order valence-electron chi connectivity index (χ1n) is 7.40. The van der Waals surface area contributed by atoms with Gasteiger partial charge in [0.05, 0.1) is 6.10 Å². The number of likely N-dealkylation sites (tertiary alicyclic amines) is 1. The van der Waals surface area contributed by atoms with E-state index in [2.05, 4.69) is 5.32 Å². The van der Waals surface area contributed by atoms with Crippen molar-refractivity contribution in [3.8, 4) is 0 Å². The van der Waals surface area contributed by atoms with Crippen LogP contribution in [0.2, 0.25) is 0 Å². The van der Waals surface area contributed by atoms with Gasteiger partial charge in [-0.2, -0.15) is 13.2 Å². The van der Waals surface area contributed by atoms with E-state index in [4.69, 9.17) is 4.74 Å². The van der Waals surface area contributed by atoms with Crippen LogP contribution >= 0.6 is 0 Å². The van der Waals surface area contributed by atoms with Gasteiger partial charge in [0.2, 0.25) is 11.8 Å². The molecule has 1 N–H and O–H groups in total. The Morgan fingerprint density at radius 1 is 1.36 bits per heavy atom. The Balaban J connectivity index is 2.76. The summed E-state index contributed by atoms with van der Waals surface area (Å²) in [5.41, 5.74) is 0. The molecule has 3 atom stereocenters. The van der Waals surface area contributed by atoms with E-state index >= 15 is 0 Å². The summed E-state index contributed by atoms with van der Waals surface area (Å²) in [6.07, 6.45) is -4.02. The van der Waals surface area contributed by atoms with E-state index < -0.39 is 24.2 Å². The van der Waals surface area contributed by atoms with Gasteiger partial charge in [-0.05, 0) is 26.2 Å². The SMILES string of the molecule is CC[C@H](C)OCC(=O)N1C[C@H](NC(C)=O)CC[C@H]1C(F)(F)F. The zero-order valence-electron chi connectivity index (χ0n) is 13.1. The van der Waals surface area contributed by atoms with Gasteiger partial charge in [0, 0.05) is 19.5 Å². The van der Waals surface area contributed by atoms with Crippen LogP contribution in [0.5, 0.6) is 0 Å². The molecule has 0 unspecified atom stereocenters. The maximum Gasteiger partial charge on any atom is 0.408 e. The van der Waals surface area contributed by atoms with Crippen molar-refractivity contribution < 1.29 is 27.5 Å². The van der Waals surface area contributed by atoms with Gasteiger partial charge >= 0.3 is 6.18 Å². The lowest BCUT2D eigenvalue weighted by molar-refractivity contribution is -0.199. The number of rotatable bonds is 5. The van der Waals surface area contributed by atoms with Gasteiger partial charge in [0.15, 0.2) is 0 Å². The molecule has 1 fully saturated rings. The Hall–Kier alpha value is -1.31. The summed E-state index contributed by atoms with van der Waals surface area (Å²) in [6.45, 7) is 4.39. The molecule has 0 radical (unpaired) electrons. The maximum absolute atomic E-state index is 13.1. The number of nitrogens with zero attached hydrogens (tertiary/aromatic N) is 1. The van der Waals surface area contributed by atoms with Gasteiger partial charge < -0.3 is 15.0 Å². The average Bonchev–Trinajstić information content (AvgIpc) is 2.42. The van der Waals surface area contributed by atoms with Gasteiger partial charge in [-0.25, -0.2) is 0 Å². The Kier molecular flexibility index (Phi) is 6.65.